The highest BCUT2D eigenvalue weighted by Gasteiger charge is 2.28. The highest BCUT2D eigenvalue weighted by molar-refractivity contribution is 7.93. The van der Waals surface area contributed by atoms with Gasteiger partial charge in [-0.1, -0.05) is 12.1 Å². The average Bonchev–Trinajstić information content (AvgIpc) is 2.83. The predicted octanol–water partition coefficient (Wildman–Crippen LogP) is 3.70. The van der Waals surface area contributed by atoms with Gasteiger partial charge in [-0.15, -0.1) is 0 Å². The van der Waals surface area contributed by atoms with Gasteiger partial charge in [-0.2, -0.15) is 0 Å². The van der Waals surface area contributed by atoms with E-state index in [1.807, 2.05) is 6.92 Å². The molecule has 1 atom stereocenters. The molecule has 0 radical (unpaired) electrons. The first-order valence-corrected chi connectivity index (χ1v) is 14.4. The van der Waals surface area contributed by atoms with Crippen LogP contribution in [0.2, 0.25) is 0 Å². The van der Waals surface area contributed by atoms with E-state index in [1.165, 1.54) is 24.3 Å². The maximum atomic E-state index is 13.4. The molecule has 1 N–H and O–H groups in total. The van der Waals surface area contributed by atoms with E-state index in [2.05, 4.69) is 5.32 Å². The Morgan fingerprint density at radius 2 is 1.47 bits per heavy atom. The number of halogens is 1. The Bertz CT molecular complexity index is 1410. The van der Waals surface area contributed by atoms with Gasteiger partial charge in [-0.05, 0) is 80.1 Å². The first-order chi connectivity index (χ1) is 16.9. The van der Waals surface area contributed by atoms with Gasteiger partial charge in [0.05, 0.1) is 28.1 Å². The van der Waals surface area contributed by atoms with E-state index in [1.54, 1.807) is 31.2 Å². The highest BCUT2D eigenvalue weighted by atomic mass is 32.2. The second-order valence-electron chi connectivity index (χ2n) is 8.02. The van der Waals surface area contributed by atoms with Gasteiger partial charge in [0.1, 0.15) is 18.1 Å². The van der Waals surface area contributed by atoms with Gasteiger partial charge in [0, 0.05) is 6.26 Å². The van der Waals surface area contributed by atoms with Gasteiger partial charge >= 0.3 is 0 Å². The van der Waals surface area contributed by atoms with Crippen molar-refractivity contribution in [3.05, 3.63) is 84.2 Å². The molecule has 0 aromatic heterocycles. The second kappa shape index (κ2) is 11.1. The number of rotatable bonds is 10. The molecular weight excluding hydrogens is 507 g/mol. The van der Waals surface area contributed by atoms with Crippen molar-refractivity contribution in [1.82, 2.24) is 5.32 Å². The summed E-state index contributed by atoms with van der Waals surface area (Å²) in [5.41, 5.74) is 0.868. The number of nitrogens with zero attached hydrogens (tertiary/aromatic N) is 1. The van der Waals surface area contributed by atoms with Crippen LogP contribution in [0.25, 0.3) is 0 Å². The number of carbonyl (C=O) groups excluding carboxylic acids is 1. The first kappa shape index (κ1) is 27.2. The second-order valence-corrected chi connectivity index (χ2v) is 11.9. The number of sulfonamides is 1. The molecule has 0 spiro atoms. The van der Waals surface area contributed by atoms with E-state index >= 15 is 0 Å². The highest BCUT2D eigenvalue weighted by Crippen LogP contribution is 2.26. The molecule has 0 saturated heterocycles. The Labute approximate surface area is 210 Å². The van der Waals surface area contributed by atoms with Crippen LogP contribution in [0.15, 0.2) is 82.6 Å². The fourth-order valence-corrected chi connectivity index (χ4v) is 5.48. The standard InChI is InChI=1S/C25H27FN2O6S2/c1-4-34-22-11-9-21(10-12-22)28(36(32,33)24-15-7-20(26)8-16-24)17-25(29)27-18(2)19-5-13-23(14-6-19)35(3,30)31/h5-16,18H,4,17H2,1-3H3,(H,27,29)/t18-/m1/s1. The number of benzene rings is 3. The van der Waals surface area contributed by atoms with Crippen LogP contribution in [0.3, 0.4) is 0 Å². The van der Waals surface area contributed by atoms with E-state index in [0.29, 0.717) is 17.9 Å². The van der Waals surface area contributed by atoms with Crippen molar-refractivity contribution in [2.75, 3.05) is 23.7 Å². The molecule has 1 amide bonds. The van der Waals surface area contributed by atoms with Gasteiger partial charge in [-0.25, -0.2) is 21.2 Å². The Morgan fingerprint density at radius 1 is 0.917 bits per heavy atom. The number of carbonyl (C=O) groups is 1. The van der Waals surface area contributed by atoms with Gasteiger partial charge in [-0.3, -0.25) is 9.10 Å². The summed E-state index contributed by atoms with van der Waals surface area (Å²) in [5.74, 6) is -0.639. The van der Waals surface area contributed by atoms with Crippen LogP contribution in [0.5, 0.6) is 5.75 Å². The SMILES string of the molecule is CCOc1ccc(N(CC(=O)N[C@H](C)c2ccc(S(C)(=O)=O)cc2)S(=O)(=O)c2ccc(F)cc2)cc1. The third-order valence-electron chi connectivity index (χ3n) is 5.31. The van der Waals surface area contributed by atoms with E-state index in [0.717, 1.165) is 34.8 Å². The molecule has 11 heteroatoms. The van der Waals surface area contributed by atoms with E-state index < -0.39 is 44.2 Å². The lowest BCUT2D eigenvalue weighted by Crippen LogP contribution is -2.41. The lowest BCUT2D eigenvalue weighted by molar-refractivity contribution is -0.120. The van der Waals surface area contributed by atoms with Crippen LogP contribution < -0.4 is 14.4 Å². The molecule has 0 fully saturated rings. The van der Waals surface area contributed by atoms with Crippen LogP contribution in [-0.2, 0) is 24.7 Å². The topological polar surface area (TPSA) is 110 Å². The average molecular weight is 535 g/mol. The van der Waals surface area contributed by atoms with Crippen LogP contribution >= 0.6 is 0 Å². The quantitative estimate of drug-likeness (QED) is 0.425. The maximum absolute atomic E-state index is 13.4. The Balaban J connectivity index is 1.86. The molecule has 192 valence electrons. The molecule has 0 bridgehead atoms. The van der Waals surface area contributed by atoms with Crippen LogP contribution in [0, 0.1) is 5.82 Å². The summed E-state index contributed by atoms with van der Waals surface area (Å²) in [4.78, 5) is 12.9. The third kappa shape index (κ3) is 6.61. The number of amides is 1. The number of ether oxygens (including phenoxy) is 1. The number of sulfone groups is 1. The van der Waals surface area contributed by atoms with E-state index in [-0.39, 0.29) is 15.5 Å². The summed E-state index contributed by atoms with van der Waals surface area (Å²) < 4.78 is 69.9. The van der Waals surface area contributed by atoms with Gasteiger partial charge in [0.25, 0.3) is 10.0 Å². The molecule has 0 aliphatic heterocycles. The van der Waals surface area contributed by atoms with Crippen molar-refractivity contribution in [2.45, 2.75) is 29.7 Å². The van der Waals surface area contributed by atoms with E-state index in [4.69, 9.17) is 4.74 Å². The minimum Gasteiger partial charge on any atom is -0.494 e. The summed E-state index contributed by atoms with van der Waals surface area (Å²) in [6, 6.07) is 16.1. The van der Waals surface area contributed by atoms with Crippen LogP contribution in [0.1, 0.15) is 25.5 Å². The zero-order valence-corrected chi connectivity index (χ0v) is 21.6. The van der Waals surface area contributed by atoms with Crippen molar-refractivity contribution in [2.24, 2.45) is 0 Å². The van der Waals surface area contributed by atoms with Crippen molar-refractivity contribution >= 4 is 31.5 Å². The molecule has 3 aromatic rings. The lowest BCUT2D eigenvalue weighted by Gasteiger charge is -2.25. The minimum atomic E-state index is -4.22. The molecule has 0 heterocycles. The maximum Gasteiger partial charge on any atom is 0.264 e. The number of hydrogen-bond donors (Lipinski definition) is 1. The molecular formula is C25H27FN2O6S2. The summed E-state index contributed by atoms with van der Waals surface area (Å²) in [7, 11) is -7.58. The molecule has 36 heavy (non-hydrogen) atoms. The van der Waals surface area contributed by atoms with Crippen LogP contribution in [-0.4, -0.2) is 42.2 Å². The van der Waals surface area contributed by atoms with Crippen molar-refractivity contribution in [1.29, 1.82) is 0 Å². The largest absolute Gasteiger partial charge is 0.494 e. The van der Waals surface area contributed by atoms with Crippen molar-refractivity contribution in [3.63, 3.8) is 0 Å². The molecule has 0 saturated carbocycles. The summed E-state index contributed by atoms with van der Waals surface area (Å²) in [6.07, 6.45) is 1.10. The van der Waals surface area contributed by atoms with Gasteiger partial charge in [0.15, 0.2) is 9.84 Å². The fourth-order valence-electron chi connectivity index (χ4n) is 3.43. The van der Waals surface area contributed by atoms with Gasteiger partial charge in [0.2, 0.25) is 5.91 Å². The Morgan fingerprint density at radius 3 is 2.00 bits per heavy atom. The zero-order valence-electron chi connectivity index (χ0n) is 20.0. The fraction of sp³-hybridized carbons (Fsp3) is 0.240. The molecule has 3 aromatic carbocycles. The van der Waals surface area contributed by atoms with E-state index in [9.17, 15) is 26.0 Å². The first-order valence-electron chi connectivity index (χ1n) is 11.0. The molecule has 3 rings (SSSR count). The third-order valence-corrected chi connectivity index (χ3v) is 8.23. The number of hydrogen-bond acceptors (Lipinski definition) is 6. The molecule has 0 aliphatic rings. The summed E-state index contributed by atoms with van der Waals surface area (Å²) >= 11 is 0. The number of anilines is 1. The normalized spacial score (nSPS) is 12.6. The number of nitrogens with one attached hydrogen (secondary N) is 1. The molecule has 0 unspecified atom stereocenters. The lowest BCUT2D eigenvalue weighted by atomic mass is 10.1. The monoisotopic (exact) mass is 534 g/mol. The zero-order chi connectivity index (χ0) is 26.5. The predicted molar refractivity (Wildman–Crippen MR) is 135 cm³/mol. The van der Waals surface area contributed by atoms with Crippen molar-refractivity contribution in [3.8, 4) is 5.75 Å². The summed E-state index contributed by atoms with van der Waals surface area (Å²) in [5, 5.41) is 2.74. The smallest absolute Gasteiger partial charge is 0.264 e. The van der Waals surface area contributed by atoms with Crippen molar-refractivity contribution < 1.29 is 30.8 Å². The Kier molecular flexibility index (Phi) is 8.36. The molecule has 0 aliphatic carbocycles. The molecule has 8 nitrogen and oxygen atoms in total. The Hall–Kier alpha value is -3.44. The summed E-state index contributed by atoms with van der Waals surface area (Å²) in [6.45, 7) is 3.41. The van der Waals surface area contributed by atoms with Crippen LogP contribution in [0.4, 0.5) is 10.1 Å². The van der Waals surface area contributed by atoms with Gasteiger partial charge < -0.3 is 10.1 Å². The minimum absolute atomic E-state index is 0.150.